The van der Waals surface area contributed by atoms with Crippen LogP contribution in [-0.2, 0) is 16.1 Å². The van der Waals surface area contributed by atoms with E-state index in [-0.39, 0.29) is 12.0 Å². The zero-order valence-corrected chi connectivity index (χ0v) is 12.2. The van der Waals surface area contributed by atoms with Gasteiger partial charge in [-0.05, 0) is 30.5 Å². The first-order valence-electron chi connectivity index (χ1n) is 6.90. The van der Waals surface area contributed by atoms with E-state index in [0.29, 0.717) is 23.9 Å². The minimum atomic E-state index is -0.329. The number of nitrogens with one attached hydrogen (secondary N) is 1. The van der Waals surface area contributed by atoms with Crippen molar-refractivity contribution in [1.82, 2.24) is 9.78 Å². The fraction of sp³-hybridized carbons (Fsp3) is 0.333. The van der Waals surface area contributed by atoms with Crippen LogP contribution in [-0.4, -0.2) is 28.4 Å². The van der Waals surface area contributed by atoms with Crippen LogP contribution >= 0.6 is 11.6 Å². The fourth-order valence-corrected chi connectivity index (χ4v) is 2.42. The lowest BCUT2D eigenvalue weighted by Gasteiger charge is -2.08. The second kappa shape index (κ2) is 6.28. The largest absolute Gasteiger partial charge is 0.368 e. The molecule has 1 aliphatic rings. The minimum Gasteiger partial charge on any atom is -0.368 e. The Morgan fingerprint density at radius 2 is 2.24 bits per heavy atom. The molecule has 5 nitrogen and oxygen atoms in total. The Morgan fingerprint density at radius 3 is 2.95 bits per heavy atom. The smallest absolute Gasteiger partial charge is 0.253 e. The number of aromatic nitrogens is 2. The van der Waals surface area contributed by atoms with Gasteiger partial charge in [-0.2, -0.15) is 5.10 Å². The Labute approximate surface area is 127 Å². The zero-order valence-electron chi connectivity index (χ0n) is 11.5. The van der Waals surface area contributed by atoms with Crippen molar-refractivity contribution in [1.29, 1.82) is 0 Å². The van der Waals surface area contributed by atoms with Crippen LogP contribution in [0.4, 0.5) is 5.69 Å². The average Bonchev–Trinajstić information content (AvgIpc) is 3.13. The molecule has 3 rings (SSSR count). The van der Waals surface area contributed by atoms with Crippen molar-refractivity contribution in [2.45, 2.75) is 25.5 Å². The lowest BCUT2D eigenvalue weighted by Crippen LogP contribution is -2.26. The molecule has 6 heteroatoms. The summed E-state index contributed by atoms with van der Waals surface area (Å²) in [5.41, 5.74) is 1.78. The van der Waals surface area contributed by atoms with Crippen molar-refractivity contribution in [3.8, 4) is 0 Å². The highest BCUT2D eigenvalue weighted by Gasteiger charge is 2.23. The van der Waals surface area contributed by atoms with E-state index >= 15 is 0 Å². The highest BCUT2D eigenvalue weighted by molar-refractivity contribution is 6.30. The third-order valence-corrected chi connectivity index (χ3v) is 3.63. The molecule has 0 aliphatic carbocycles. The van der Waals surface area contributed by atoms with Gasteiger partial charge in [0.25, 0.3) is 5.91 Å². The number of halogens is 1. The number of hydrogen-bond acceptors (Lipinski definition) is 3. The summed E-state index contributed by atoms with van der Waals surface area (Å²) in [5, 5.41) is 7.78. The molecule has 0 saturated carbocycles. The fourth-order valence-electron chi connectivity index (χ4n) is 2.30. The molecule has 110 valence electrons. The van der Waals surface area contributed by atoms with Gasteiger partial charge in [-0.15, -0.1) is 0 Å². The zero-order chi connectivity index (χ0) is 14.7. The van der Waals surface area contributed by atoms with E-state index in [2.05, 4.69) is 10.4 Å². The molecule has 2 heterocycles. The van der Waals surface area contributed by atoms with Gasteiger partial charge in [0.1, 0.15) is 6.10 Å². The average molecular weight is 306 g/mol. The van der Waals surface area contributed by atoms with Gasteiger partial charge in [0, 0.05) is 17.8 Å². The molecule has 1 atom stereocenters. The summed E-state index contributed by atoms with van der Waals surface area (Å²) in [6.45, 7) is 1.29. The van der Waals surface area contributed by atoms with Crippen molar-refractivity contribution in [3.63, 3.8) is 0 Å². The minimum absolute atomic E-state index is 0.0986. The van der Waals surface area contributed by atoms with Crippen LogP contribution in [0.25, 0.3) is 0 Å². The summed E-state index contributed by atoms with van der Waals surface area (Å²) in [4.78, 5) is 11.9. The number of hydrogen-bond donors (Lipinski definition) is 1. The van der Waals surface area contributed by atoms with Gasteiger partial charge in [-0.1, -0.05) is 23.7 Å². The van der Waals surface area contributed by atoms with Gasteiger partial charge in [-0.25, -0.2) is 0 Å². The summed E-state index contributed by atoms with van der Waals surface area (Å²) in [7, 11) is 0. The molecule has 1 amide bonds. The second-order valence-corrected chi connectivity index (χ2v) is 5.48. The predicted octanol–water partition coefficient (Wildman–Crippen LogP) is 2.70. The van der Waals surface area contributed by atoms with E-state index in [1.807, 2.05) is 30.5 Å². The van der Waals surface area contributed by atoms with Crippen molar-refractivity contribution in [2.75, 3.05) is 11.9 Å². The Morgan fingerprint density at radius 1 is 1.43 bits per heavy atom. The van der Waals surface area contributed by atoms with E-state index in [4.69, 9.17) is 16.3 Å². The molecule has 1 aliphatic heterocycles. The maximum Gasteiger partial charge on any atom is 0.253 e. The standard InChI is InChI=1S/C15H16ClN3O2/c16-12-5-3-11(4-6-12)9-19-10-13(8-17-19)18-15(20)14-2-1-7-21-14/h3-6,8,10,14H,1-2,7,9H2,(H,18,20)/t14-/m0/s1. The lowest BCUT2D eigenvalue weighted by molar-refractivity contribution is -0.124. The number of ether oxygens (including phenoxy) is 1. The maximum absolute atomic E-state index is 11.9. The Bertz CT molecular complexity index is 618. The first-order valence-corrected chi connectivity index (χ1v) is 7.28. The highest BCUT2D eigenvalue weighted by atomic mass is 35.5. The lowest BCUT2D eigenvalue weighted by atomic mass is 10.2. The summed E-state index contributed by atoms with van der Waals surface area (Å²) in [6.07, 6.45) is 4.84. The first kappa shape index (κ1) is 14.1. The van der Waals surface area contributed by atoms with Crippen LogP contribution < -0.4 is 5.32 Å². The molecule has 1 fully saturated rings. The molecule has 21 heavy (non-hydrogen) atoms. The van der Waals surface area contributed by atoms with Crippen LogP contribution in [0.15, 0.2) is 36.7 Å². The Balaban J connectivity index is 1.60. The third kappa shape index (κ3) is 3.62. The molecule has 2 aromatic rings. The van der Waals surface area contributed by atoms with Crippen LogP contribution in [0.5, 0.6) is 0 Å². The predicted molar refractivity (Wildman–Crippen MR) is 80.4 cm³/mol. The van der Waals surface area contributed by atoms with Crippen molar-refractivity contribution >= 4 is 23.2 Å². The molecule has 0 bridgehead atoms. The summed E-state index contributed by atoms with van der Waals surface area (Å²) < 4.78 is 7.12. The molecule has 0 radical (unpaired) electrons. The quantitative estimate of drug-likeness (QED) is 0.945. The van der Waals surface area contributed by atoms with E-state index in [1.165, 1.54) is 0 Å². The van der Waals surface area contributed by atoms with Crippen LogP contribution in [0.3, 0.4) is 0 Å². The van der Waals surface area contributed by atoms with Crippen LogP contribution in [0.1, 0.15) is 18.4 Å². The van der Waals surface area contributed by atoms with Gasteiger partial charge in [-0.3, -0.25) is 9.48 Å². The van der Waals surface area contributed by atoms with Crippen LogP contribution in [0.2, 0.25) is 5.02 Å². The van der Waals surface area contributed by atoms with E-state index in [0.717, 1.165) is 18.4 Å². The first-order chi connectivity index (χ1) is 10.2. The number of nitrogens with zero attached hydrogens (tertiary/aromatic N) is 2. The van der Waals surface area contributed by atoms with Gasteiger partial charge in [0.05, 0.1) is 18.4 Å². The van der Waals surface area contributed by atoms with Gasteiger partial charge < -0.3 is 10.1 Å². The number of anilines is 1. The van der Waals surface area contributed by atoms with Crippen molar-refractivity contribution < 1.29 is 9.53 Å². The summed E-state index contributed by atoms with van der Waals surface area (Å²) in [5.74, 6) is -0.0986. The topological polar surface area (TPSA) is 56.2 Å². The number of amides is 1. The van der Waals surface area contributed by atoms with E-state index in [9.17, 15) is 4.79 Å². The molecular weight excluding hydrogens is 290 g/mol. The number of carbonyl (C=O) groups is 1. The number of rotatable bonds is 4. The van der Waals surface area contributed by atoms with E-state index in [1.54, 1.807) is 10.9 Å². The van der Waals surface area contributed by atoms with Crippen molar-refractivity contribution in [2.24, 2.45) is 0 Å². The normalized spacial score (nSPS) is 17.9. The van der Waals surface area contributed by atoms with Crippen LogP contribution in [0, 0.1) is 0 Å². The molecular formula is C15H16ClN3O2. The Kier molecular flexibility index (Phi) is 4.22. The van der Waals surface area contributed by atoms with Crippen molar-refractivity contribution in [3.05, 3.63) is 47.2 Å². The highest BCUT2D eigenvalue weighted by Crippen LogP contribution is 2.15. The van der Waals surface area contributed by atoms with Gasteiger partial charge in [0.2, 0.25) is 0 Å². The third-order valence-electron chi connectivity index (χ3n) is 3.38. The summed E-state index contributed by atoms with van der Waals surface area (Å²) in [6, 6.07) is 7.60. The summed E-state index contributed by atoms with van der Waals surface area (Å²) >= 11 is 5.86. The molecule has 1 saturated heterocycles. The maximum atomic E-state index is 11.9. The monoisotopic (exact) mass is 305 g/mol. The molecule has 0 unspecified atom stereocenters. The SMILES string of the molecule is O=C(Nc1cnn(Cc2ccc(Cl)cc2)c1)[C@@H]1CCCO1. The number of carbonyl (C=O) groups excluding carboxylic acids is 1. The number of benzene rings is 1. The molecule has 1 aromatic carbocycles. The Hall–Kier alpha value is -1.85. The molecule has 1 aromatic heterocycles. The van der Waals surface area contributed by atoms with Gasteiger partial charge >= 0.3 is 0 Å². The van der Waals surface area contributed by atoms with Gasteiger partial charge in [0.15, 0.2) is 0 Å². The second-order valence-electron chi connectivity index (χ2n) is 5.04. The molecule has 1 N–H and O–H groups in total. The molecule has 0 spiro atoms. The van der Waals surface area contributed by atoms with E-state index < -0.39 is 0 Å².